The van der Waals surface area contributed by atoms with Gasteiger partial charge >= 0.3 is 5.97 Å². The third-order valence-electron chi connectivity index (χ3n) is 4.79. The lowest BCUT2D eigenvalue weighted by molar-refractivity contribution is -0.394. The first-order valence-electron chi connectivity index (χ1n) is 8.94. The highest BCUT2D eigenvalue weighted by molar-refractivity contribution is 5.94. The third kappa shape index (κ3) is 4.29. The Kier molecular flexibility index (Phi) is 6.09. The second-order valence-corrected chi connectivity index (χ2v) is 6.61. The van der Waals surface area contributed by atoms with E-state index in [0.717, 1.165) is 30.3 Å². The average molecular weight is 419 g/mol. The molecule has 0 N–H and O–H groups in total. The van der Waals surface area contributed by atoms with Gasteiger partial charge in [-0.15, -0.1) is 0 Å². The zero-order valence-corrected chi connectivity index (χ0v) is 15.4. The summed E-state index contributed by atoms with van der Waals surface area (Å²) in [5, 5.41) is 26.1. The largest absolute Gasteiger partial charge is 0.371 e. The van der Waals surface area contributed by atoms with E-state index in [1.807, 2.05) is 0 Å². The Morgan fingerprint density at radius 1 is 1.07 bits per heavy atom. The van der Waals surface area contributed by atoms with Crippen molar-refractivity contribution in [2.75, 3.05) is 0 Å². The molecule has 156 valence electrons. The Bertz CT molecular complexity index is 1040. The molecule has 11 heteroatoms. The van der Waals surface area contributed by atoms with Crippen LogP contribution in [-0.2, 0) is 4.84 Å². The minimum Gasteiger partial charge on any atom is -0.313 e. The maximum Gasteiger partial charge on any atom is 0.371 e. The number of carbonyl (C=O) groups excluding carboxylic acids is 1. The van der Waals surface area contributed by atoms with Crippen LogP contribution in [0, 0.1) is 31.9 Å². The molecular weight excluding hydrogens is 404 g/mol. The first-order chi connectivity index (χ1) is 14.3. The van der Waals surface area contributed by atoms with Crippen molar-refractivity contribution in [2.45, 2.75) is 31.6 Å². The molecule has 9 nitrogen and oxygen atoms in total. The van der Waals surface area contributed by atoms with Gasteiger partial charge in [-0.3, -0.25) is 20.2 Å². The van der Waals surface area contributed by atoms with Crippen molar-refractivity contribution >= 4 is 23.1 Å². The van der Waals surface area contributed by atoms with Crippen LogP contribution in [0.4, 0.5) is 20.2 Å². The first kappa shape index (κ1) is 21.0. The van der Waals surface area contributed by atoms with Crippen molar-refractivity contribution in [3.05, 3.63) is 79.4 Å². The van der Waals surface area contributed by atoms with Crippen LogP contribution in [0.15, 0.2) is 41.6 Å². The van der Waals surface area contributed by atoms with Crippen molar-refractivity contribution in [3.8, 4) is 0 Å². The number of benzene rings is 2. The maximum absolute atomic E-state index is 13.7. The minimum absolute atomic E-state index is 0.192. The maximum atomic E-state index is 13.7. The lowest BCUT2D eigenvalue weighted by Crippen LogP contribution is -2.20. The van der Waals surface area contributed by atoms with Crippen LogP contribution in [-0.4, -0.2) is 21.5 Å². The smallest absolute Gasteiger partial charge is 0.313 e. The molecule has 0 bridgehead atoms. The highest BCUT2D eigenvalue weighted by atomic mass is 19.1. The van der Waals surface area contributed by atoms with Crippen LogP contribution in [0.3, 0.4) is 0 Å². The van der Waals surface area contributed by atoms with Crippen LogP contribution in [0.25, 0.3) is 0 Å². The molecule has 1 unspecified atom stereocenters. The van der Waals surface area contributed by atoms with Gasteiger partial charge in [0.2, 0.25) is 0 Å². The van der Waals surface area contributed by atoms with E-state index in [-0.39, 0.29) is 11.3 Å². The summed E-state index contributed by atoms with van der Waals surface area (Å²) in [6.45, 7) is 0. The number of nitro benzene ring substituents is 2. The zero-order chi connectivity index (χ0) is 21.8. The van der Waals surface area contributed by atoms with E-state index in [4.69, 9.17) is 4.84 Å². The van der Waals surface area contributed by atoms with E-state index < -0.39 is 50.3 Å². The monoisotopic (exact) mass is 419 g/mol. The number of rotatable bonds is 5. The molecule has 0 aliphatic heterocycles. The molecule has 0 aromatic heterocycles. The SMILES string of the molecule is O=C(ON=C1CCCCC1c1ccc([N+](=O)[O-])cc1[N+](=O)[O-])c1c(F)cccc1F. The molecule has 0 heterocycles. The number of non-ortho nitro benzene ring substituents is 1. The lowest BCUT2D eigenvalue weighted by Gasteiger charge is -2.23. The van der Waals surface area contributed by atoms with Gasteiger partial charge in [0.05, 0.1) is 21.6 Å². The fourth-order valence-electron chi connectivity index (χ4n) is 3.38. The highest BCUT2D eigenvalue weighted by Crippen LogP contribution is 2.37. The molecule has 1 aliphatic rings. The summed E-state index contributed by atoms with van der Waals surface area (Å²) < 4.78 is 27.5. The first-order valence-corrected chi connectivity index (χ1v) is 8.94. The van der Waals surface area contributed by atoms with E-state index in [0.29, 0.717) is 25.7 Å². The van der Waals surface area contributed by atoms with Crippen molar-refractivity contribution in [1.82, 2.24) is 0 Å². The predicted molar refractivity (Wildman–Crippen MR) is 100 cm³/mol. The molecule has 3 rings (SSSR count). The van der Waals surface area contributed by atoms with E-state index >= 15 is 0 Å². The lowest BCUT2D eigenvalue weighted by atomic mass is 9.81. The molecule has 0 saturated heterocycles. The van der Waals surface area contributed by atoms with E-state index in [1.54, 1.807) is 0 Å². The third-order valence-corrected chi connectivity index (χ3v) is 4.79. The molecule has 1 saturated carbocycles. The highest BCUT2D eigenvalue weighted by Gasteiger charge is 2.31. The number of oxime groups is 1. The molecule has 1 aliphatic carbocycles. The van der Waals surface area contributed by atoms with Gasteiger partial charge in [0.1, 0.15) is 17.2 Å². The van der Waals surface area contributed by atoms with Gasteiger partial charge in [-0.2, -0.15) is 0 Å². The van der Waals surface area contributed by atoms with Crippen molar-refractivity contribution in [1.29, 1.82) is 0 Å². The Hall–Kier alpha value is -3.76. The van der Waals surface area contributed by atoms with Gasteiger partial charge < -0.3 is 4.84 Å². The number of halogens is 2. The summed E-state index contributed by atoms with van der Waals surface area (Å²) in [4.78, 5) is 37.7. The summed E-state index contributed by atoms with van der Waals surface area (Å²) in [5.41, 5.74) is -1.30. The molecule has 1 fully saturated rings. The van der Waals surface area contributed by atoms with Crippen molar-refractivity contribution in [2.24, 2.45) is 5.16 Å². The zero-order valence-electron chi connectivity index (χ0n) is 15.4. The van der Waals surface area contributed by atoms with Crippen LogP contribution >= 0.6 is 0 Å². The molecule has 1 atom stereocenters. The van der Waals surface area contributed by atoms with Gasteiger partial charge in [-0.05, 0) is 37.5 Å². The summed E-state index contributed by atoms with van der Waals surface area (Å²) in [7, 11) is 0. The number of hydrogen-bond acceptors (Lipinski definition) is 7. The molecule has 2 aromatic rings. The van der Waals surface area contributed by atoms with E-state index in [1.165, 1.54) is 6.07 Å². The average Bonchev–Trinajstić information content (AvgIpc) is 2.71. The molecule has 0 spiro atoms. The van der Waals surface area contributed by atoms with Gasteiger partial charge in [-0.1, -0.05) is 17.6 Å². The van der Waals surface area contributed by atoms with Gasteiger partial charge in [-0.25, -0.2) is 13.6 Å². The molecule has 0 amide bonds. The normalized spacial score (nSPS) is 17.5. The summed E-state index contributed by atoms with van der Waals surface area (Å²) in [6.07, 6.45) is 2.14. The number of nitro groups is 2. The summed E-state index contributed by atoms with van der Waals surface area (Å²) in [6, 6.07) is 6.18. The topological polar surface area (TPSA) is 125 Å². The quantitative estimate of drug-likeness (QED) is 0.394. The fourth-order valence-corrected chi connectivity index (χ4v) is 3.38. The Labute approximate surface area is 168 Å². The van der Waals surface area contributed by atoms with E-state index in [2.05, 4.69) is 5.16 Å². The van der Waals surface area contributed by atoms with Crippen LogP contribution in [0.1, 0.15) is 47.5 Å². The summed E-state index contributed by atoms with van der Waals surface area (Å²) in [5.74, 6) is -4.17. The van der Waals surface area contributed by atoms with E-state index in [9.17, 15) is 33.8 Å². The second kappa shape index (κ2) is 8.72. The molecule has 30 heavy (non-hydrogen) atoms. The fraction of sp³-hybridized carbons (Fsp3) is 0.263. The second-order valence-electron chi connectivity index (χ2n) is 6.61. The summed E-state index contributed by atoms with van der Waals surface area (Å²) >= 11 is 0. The number of nitrogens with zero attached hydrogens (tertiary/aromatic N) is 3. The molecule has 0 radical (unpaired) electrons. The molecular formula is C19H15F2N3O6. The van der Waals surface area contributed by atoms with Crippen molar-refractivity contribution < 1.29 is 28.3 Å². The Morgan fingerprint density at radius 2 is 1.77 bits per heavy atom. The number of hydrogen-bond donors (Lipinski definition) is 0. The van der Waals surface area contributed by atoms with Crippen LogP contribution in [0.2, 0.25) is 0 Å². The molecule has 2 aromatic carbocycles. The van der Waals surface area contributed by atoms with Crippen LogP contribution in [0.5, 0.6) is 0 Å². The Balaban J connectivity index is 1.93. The standard InChI is InChI=1S/C19H15F2N3O6/c20-14-5-3-6-15(21)18(14)19(25)30-22-16-7-2-1-4-12(16)13-9-8-11(23(26)27)10-17(13)24(28)29/h3,5-6,8-10,12H,1-2,4,7H2. The van der Waals surface area contributed by atoms with Gasteiger partial charge in [0, 0.05) is 17.5 Å². The Morgan fingerprint density at radius 3 is 2.40 bits per heavy atom. The van der Waals surface area contributed by atoms with Gasteiger partial charge in [0.25, 0.3) is 11.4 Å². The van der Waals surface area contributed by atoms with Crippen LogP contribution < -0.4 is 0 Å². The minimum atomic E-state index is -1.33. The predicted octanol–water partition coefficient (Wildman–Crippen LogP) is 4.65. The van der Waals surface area contributed by atoms with Gasteiger partial charge in [0.15, 0.2) is 0 Å². The van der Waals surface area contributed by atoms with Crippen molar-refractivity contribution in [3.63, 3.8) is 0 Å². The number of carbonyl (C=O) groups is 1.